The molecule has 126 valence electrons. The van der Waals surface area contributed by atoms with Crippen LogP contribution in [0.3, 0.4) is 0 Å². The first kappa shape index (κ1) is 17.8. The van der Waals surface area contributed by atoms with Gasteiger partial charge in [0, 0.05) is 4.47 Å². The minimum absolute atomic E-state index is 0.186. The van der Waals surface area contributed by atoms with Crippen molar-refractivity contribution in [2.45, 2.75) is 0 Å². The molecule has 1 N–H and O–H groups in total. The van der Waals surface area contributed by atoms with Crippen LogP contribution in [0.1, 0.15) is 10.4 Å². The maximum absolute atomic E-state index is 12.2. The number of carbonyl (C=O) groups is 2. The van der Waals surface area contributed by atoms with E-state index in [4.69, 9.17) is 14.2 Å². The lowest BCUT2D eigenvalue weighted by molar-refractivity contribution is -0.119. The van der Waals surface area contributed by atoms with E-state index >= 15 is 0 Å². The second kappa shape index (κ2) is 8.35. The topological polar surface area (TPSA) is 73.9 Å². The van der Waals surface area contributed by atoms with Crippen molar-refractivity contribution in [2.24, 2.45) is 0 Å². The molecule has 1 amide bonds. The lowest BCUT2D eigenvalue weighted by Crippen LogP contribution is -2.21. The predicted octanol–water partition coefficient (Wildman–Crippen LogP) is 3.26. The summed E-state index contributed by atoms with van der Waals surface area (Å²) in [6, 6.07) is 12.0. The van der Waals surface area contributed by atoms with Gasteiger partial charge in [-0.05, 0) is 40.2 Å². The molecule has 7 heteroatoms. The zero-order chi connectivity index (χ0) is 17.5. The van der Waals surface area contributed by atoms with Crippen LogP contribution in [0, 0.1) is 0 Å². The molecular weight excluding hydrogens is 378 g/mol. The molecule has 0 fully saturated rings. The van der Waals surface area contributed by atoms with E-state index in [1.807, 2.05) is 6.07 Å². The number of benzene rings is 2. The fraction of sp³-hybridized carbons (Fsp3) is 0.176. The van der Waals surface area contributed by atoms with Gasteiger partial charge in [-0.2, -0.15) is 0 Å². The summed E-state index contributed by atoms with van der Waals surface area (Å²) in [7, 11) is 2.90. The SMILES string of the molecule is COc1cccc(C(=O)OCC(=O)Nc2ccccc2Br)c1OC. The highest BCUT2D eigenvalue weighted by molar-refractivity contribution is 9.10. The highest BCUT2D eigenvalue weighted by atomic mass is 79.9. The molecule has 2 aromatic carbocycles. The van der Waals surface area contributed by atoms with Gasteiger partial charge in [-0.1, -0.05) is 18.2 Å². The second-order valence-electron chi connectivity index (χ2n) is 4.65. The van der Waals surface area contributed by atoms with Gasteiger partial charge >= 0.3 is 5.97 Å². The summed E-state index contributed by atoms with van der Waals surface area (Å²) in [6.07, 6.45) is 0. The fourth-order valence-corrected chi connectivity index (χ4v) is 2.39. The maximum Gasteiger partial charge on any atom is 0.342 e. The van der Waals surface area contributed by atoms with Gasteiger partial charge < -0.3 is 19.5 Å². The number of ether oxygens (including phenoxy) is 3. The molecule has 2 rings (SSSR count). The van der Waals surface area contributed by atoms with Crippen LogP contribution in [0.15, 0.2) is 46.9 Å². The van der Waals surface area contributed by atoms with Crippen LogP contribution in [0.25, 0.3) is 0 Å². The Morgan fingerprint density at radius 2 is 1.79 bits per heavy atom. The summed E-state index contributed by atoms with van der Waals surface area (Å²) in [4.78, 5) is 24.1. The normalized spacial score (nSPS) is 9.96. The Labute approximate surface area is 147 Å². The zero-order valence-corrected chi connectivity index (χ0v) is 14.8. The van der Waals surface area contributed by atoms with E-state index in [0.29, 0.717) is 11.4 Å². The van der Waals surface area contributed by atoms with Gasteiger partial charge in [0.2, 0.25) is 0 Å². The highest BCUT2D eigenvalue weighted by Gasteiger charge is 2.18. The molecule has 0 aliphatic carbocycles. The van der Waals surface area contributed by atoms with Crippen LogP contribution in [-0.4, -0.2) is 32.7 Å². The smallest absolute Gasteiger partial charge is 0.342 e. The van der Waals surface area contributed by atoms with E-state index < -0.39 is 18.5 Å². The number of methoxy groups -OCH3 is 2. The molecule has 0 aromatic heterocycles. The Hall–Kier alpha value is -2.54. The van der Waals surface area contributed by atoms with E-state index in [2.05, 4.69) is 21.2 Å². The fourth-order valence-electron chi connectivity index (χ4n) is 2.01. The number of carbonyl (C=O) groups excluding carboxylic acids is 2. The van der Waals surface area contributed by atoms with Crippen molar-refractivity contribution >= 4 is 33.5 Å². The summed E-state index contributed by atoms with van der Waals surface area (Å²) in [6.45, 7) is -0.416. The molecular formula is C17H16BrNO5. The summed E-state index contributed by atoms with van der Waals surface area (Å²) in [5.74, 6) is -0.453. The van der Waals surface area contributed by atoms with Gasteiger partial charge in [0.05, 0.1) is 19.9 Å². The molecule has 0 aliphatic heterocycles. The molecule has 0 aliphatic rings. The Morgan fingerprint density at radius 1 is 1.04 bits per heavy atom. The Bertz CT molecular complexity index is 748. The molecule has 24 heavy (non-hydrogen) atoms. The van der Waals surface area contributed by atoms with Crippen molar-refractivity contribution in [3.63, 3.8) is 0 Å². The molecule has 0 heterocycles. The third kappa shape index (κ3) is 4.26. The highest BCUT2D eigenvalue weighted by Crippen LogP contribution is 2.31. The first-order valence-electron chi connectivity index (χ1n) is 6.99. The standard InChI is InChI=1S/C17H16BrNO5/c1-22-14-9-5-6-11(16(14)23-2)17(21)24-10-15(20)19-13-8-4-3-7-12(13)18/h3-9H,10H2,1-2H3,(H,19,20). The largest absolute Gasteiger partial charge is 0.493 e. The lowest BCUT2D eigenvalue weighted by Gasteiger charge is -2.12. The average Bonchev–Trinajstić information content (AvgIpc) is 2.60. The Balaban J connectivity index is 2.01. The van der Waals surface area contributed by atoms with E-state index in [0.717, 1.165) is 4.47 Å². The third-order valence-electron chi connectivity index (χ3n) is 3.11. The molecule has 0 saturated heterocycles. The number of nitrogens with one attached hydrogen (secondary N) is 1. The number of halogens is 1. The van der Waals surface area contributed by atoms with Crippen LogP contribution in [0.5, 0.6) is 11.5 Å². The first-order chi connectivity index (χ1) is 11.6. The minimum atomic E-state index is -0.673. The number of esters is 1. The predicted molar refractivity (Wildman–Crippen MR) is 92.6 cm³/mol. The Morgan fingerprint density at radius 3 is 2.46 bits per heavy atom. The zero-order valence-electron chi connectivity index (χ0n) is 13.2. The molecule has 2 aromatic rings. The van der Waals surface area contributed by atoms with E-state index in [-0.39, 0.29) is 11.3 Å². The van der Waals surface area contributed by atoms with Crippen LogP contribution in [-0.2, 0) is 9.53 Å². The third-order valence-corrected chi connectivity index (χ3v) is 3.80. The monoisotopic (exact) mass is 393 g/mol. The van der Waals surface area contributed by atoms with Gasteiger partial charge in [0.15, 0.2) is 18.1 Å². The second-order valence-corrected chi connectivity index (χ2v) is 5.50. The van der Waals surface area contributed by atoms with Crippen LogP contribution < -0.4 is 14.8 Å². The van der Waals surface area contributed by atoms with Crippen LogP contribution in [0.2, 0.25) is 0 Å². The Kier molecular flexibility index (Phi) is 6.20. The molecule has 0 saturated carbocycles. The molecule has 0 spiro atoms. The quantitative estimate of drug-likeness (QED) is 0.762. The number of hydrogen-bond donors (Lipinski definition) is 1. The van der Waals surface area contributed by atoms with Crippen molar-refractivity contribution in [3.05, 3.63) is 52.5 Å². The van der Waals surface area contributed by atoms with Gasteiger partial charge in [0.25, 0.3) is 5.91 Å². The van der Waals surface area contributed by atoms with E-state index in [9.17, 15) is 9.59 Å². The van der Waals surface area contributed by atoms with Gasteiger partial charge in [-0.3, -0.25) is 4.79 Å². The molecule has 0 unspecified atom stereocenters. The molecule has 6 nitrogen and oxygen atoms in total. The number of para-hydroxylation sites is 2. The summed E-state index contributed by atoms with van der Waals surface area (Å²) in [5, 5.41) is 2.65. The average molecular weight is 394 g/mol. The minimum Gasteiger partial charge on any atom is -0.493 e. The number of rotatable bonds is 6. The number of anilines is 1. The van der Waals surface area contributed by atoms with Crippen LogP contribution >= 0.6 is 15.9 Å². The van der Waals surface area contributed by atoms with E-state index in [1.165, 1.54) is 20.3 Å². The molecule has 0 bridgehead atoms. The molecule has 0 radical (unpaired) electrons. The van der Waals surface area contributed by atoms with Gasteiger partial charge in [0.1, 0.15) is 5.56 Å². The summed E-state index contributed by atoms with van der Waals surface area (Å²) < 4.78 is 16.1. The van der Waals surface area contributed by atoms with Crippen molar-refractivity contribution in [2.75, 3.05) is 26.1 Å². The maximum atomic E-state index is 12.2. The van der Waals surface area contributed by atoms with Crippen molar-refractivity contribution in [1.29, 1.82) is 0 Å². The van der Waals surface area contributed by atoms with Crippen LogP contribution in [0.4, 0.5) is 5.69 Å². The number of amides is 1. The van der Waals surface area contributed by atoms with Gasteiger partial charge in [-0.15, -0.1) is 0 Å². The van der Waals surface area contributed by atoms with Crippen molar-refractivity contribution < 1.29 is 23.8 Å². The van der Waals surface area contributed by atoms with Gasteiger partial charge in [-0.25, -0.2) is 4.79 Å². The summed E-state index contributed by atoms with van der Waals surface area (Å²) >= 11 is 3.32. The summed E-state index contributed by atoms with van der Waals surface area (Å²) in [5.41, 5.74) is 0.781. The van der Waals surface area contributed by atoms with Crippen molar-refractivity contribution in [3.8, 4) is 11.5 Å². The number of hydrogen-bond acceptors (Lipinski definition) is 5. The first-order valence-corrected chi connectivity index (χ1v) is 7.78. The molecule has 0 atom stereocenters. The lowest BCUT2D eigenvalue weighted by atomic mass is 10.2. The van der Waals surface area contributed by atoms with E-state index in [1.54, 1.807) is 30.3 Å². The van der Waals surface area contributed by atoms with Crippen molar-refractivity contribution in [1.82, 2.24) is 0 Å².